The number of amides is 2. The maximum atomic E-state index is 11.9. The summed E-state index contributed by atoms with van der Waals surface area (Å²) in [6.07, 6.45) is 1.29. The number of carbonyl (C=O) groups is 2. The first-order valence-corrected chi connectivity index (χ1v) is 6.49. The van der Waals surface area contributed by atoms with Crippen LogP contribution >= 0.6 is 0 Å². The van der Waals surface area contributed by atoms with E-state index in [4.69, 9.17) is 5.11 Å². The molecule has 1 aromatic rings. The van der Waals surface area contributed by atoms with Gasteiger partial charge in [-0.2, -0.15) is 5.10 Å². The molecule has 0 aliphatic rings. The van der Waals surface area contributed by atoms with E-state index < -0.39 is 5.97 Å². The van der Waals surface area contributed by atoms with Gasteiger partial charge in [0.2, 0.25) is 0 Å². The quantitative estimate of drug-likeness (QED) is 0.688. The van der Waals surface area contributed by atoms with Crippen LogP contribution in [0, 0.1) is 6.92 Å². The van der Waals surface area contributed by atoms with E-state index in [9.17, 15) is 9.59 Å². The molecule has 1 heterocycles. The van der Waals surface area contributed by atoms with E-state index in [1.54, 1.807) is 14.0 Å². The number of aromatic nitrogens is 3. The summed E-state index contributed by atoms with van der Waals surface area (Å²) in [5, 5.41) is 18.0. The minimum absolute atomic E-state index is 0.0711. The lowest BCUT2D eigenvalue weighted by Gasteiger charge is -2.20. The molecule has 3 N–H and O–H groups in total. The number of aryl methyl sites for hydroxylation is 1. The number of nitrogens with one attached hydrogen (secondary N) is 2. The first-order chi connectivity index (χ1) is 9.38. The lowest BCUT2D eigenvalue weighted by Crippen LogP contribution is -2.41. The highest BCUT2D eigenvalue weighted by Gasteiger charge is 2.14. The molecule has 1 atom stereocenters. The molecule has 0 saturated carbocycles. The van der Waals surface area contributed by atoms with Gasteiger partial charge in [0.25, 0.3) is 0 Å². The third-order valence-electron chi connectivity index (χ3n) is 2.77. The van der Waals surface area contributed by atoms with Crippen LogP contribution in [0.2, 0.25) is 0 Å². The van der Waals surface area contributed by atoms with Gasteiger partial charge in [-0.05, 0) is 26.7 Å². The zero-order valence-electron chi connectivity index (χ0n) is 12.0. The van der Waals surface area contributed by atoms with Gasteiger partial charge in [-0.25, -0.2) is 9.78 Å². The molecular formula is C12H21N5O3. The van der Waals surface area contributed by atoms with E-state index in [-0.39, 0.29) is 18.5 Å². The van der Waals surface area contributed by atoms with Crippen LogP contribution in [0.5, 0.6) is 0 Å². The molecule has 1 unspecified atom stereocenters. The molecule has 1 rings (SSSR count). The lowest BCUT2D eigenvalue weighted by molar-refractivity contribution is -0.137. The minimum atomic E-state index is -0.819. The van der Waals surface area contributed by atoms with E-state index in [0.29, 0.717) is 31.0 Å². The number of hydrogen-bond acceptors (Lipinski definition) is 4. The molecule has 0 spiro atoms. The molecule has 0 radical (unpaired) electrons. The third-order valence-corrected chi connectivity index (χ3v) is 2.77. The Morgan fingerprint density at radius 3 is 2.75 bits per heavy atom. The fourth-order valence-corrected chi connectivity index (χ4v) is 1.70. The van der Waals surface area contributed by atoms with Crippen LogP contribution in [0.15, 0.2) is 0 Å². The Bertz CT molecular complexity index is 460. The van der Waals surface area contributed by atoms with E-state index >= 15 is 0 Å². The molecular weight excluding hydrogens is 262 g/mol. The van der Waals surface area contributed by atoms with Gasteiger partial charge in [-0.3, -0.25) is 9.89 Å². The van der Waals surface area contributed by atoms with Crippen molar-refractivity contribution in [3.05, 3.63) is 11.6 Å². The van der Waals surface area contributed by atoms with Gasteiger partial charge < -0.3 is 15.3 Å². The van der Waals surface area contributed by atoms with Crippen LogP contribution in [0.4, 0.5) is 4.79 Å². The average molecular weight is 283 g/mol. The molecule has 8 nitrogen and oxygen atoms in total. The zero-order valence-corrected chi connectivity index (χ0v) is 12.0. The molecule has 0 bridgehead atoms. The smallest absolute Gasteiger partial charge is 0.317 e. The Labute approximate surface area is 117 Å². The van der Waals surface area contributed by atoms with Crippen molar-refractivity contribution in [2.24, 2.45) is 0 Å². The second kappa shape index (κ2) is 7.46. The van der Waals surface area contributed by atoms with E-state index in [2.05, 4.69) is 20.5 Å². The number of hydrogen-bond donors (Lipinski definition) is 3. The van der Waals surface area contributed by atoms with Gasteiger partial charge >= 0.3 is 12.0 Å². The summed E-state index contributed by atoms with van der Waals surface area (Å²) < 4.78 is 0. The molecule has 1 aromatic heterocycles. The molecule has 0 aliphatic heterocycles. The summed E-state index contributed by atoms with van der Waals surface area (Å²) >= 11 is 0. The van der Waals surface area contributed by atoms with Crippen LogP contribution in [-0.2, 0) is 11.3 Å². The van der Waals surface area contributed by atoms with Gasteiger partial charge in [0.05, 0.1) is 6.54 Å². The van der Waals surface area contributed by atoms with Gasteiger partial charge in [-0.15, -0.1) is 0 Å². The first kappa shape index (κ1) is 15.9. The normalized spacial score (nSPS) is 11.9. The van der Waals surface area contributed by atoms with Crippen LogP contribution in [0.1, 0.15) is 37.8 Å². The molecule has 0 saturated heterocycles. The molecule has 2 amide bonds. The highest BCUT2D eigenvalue weighted by molar-refractivity contribution is 5.74. The van der Waals surface area contributed by atoms with Gasteiger partial charge in [0, 0.05) is 19.5 Å². The van der Waals surface area contributed by atoms with Crippen LogP contribution in [0.3, 0.4) is 0 Å². The Hall–Kier alpha value is -2.12. The van der Waals surface area contributed by atoms with E-state index in [1.807, 2.05) is 6.92 Å². The number of urea groups is 1. The van der Waals surface area contributed by atoms with Gasteiger partial charge in [-0.1, -0.05) is 0 Å². The molecule has 112 valence electrons. The lowest BCUT2D eigenvalue weighted by atomic mass is 10.1. The third kappa shape index (κ3) is 5.68. The number of H-pyrrole nitrogens is 1. The second-order valence-corrected chi connectivity index (χ2v) is 4.83. The molecule has 0 fully saturated rings. The molecule has 0 aromatic carbocycles. The van der Waals surface area contributed by atoms with Crippen LogP contribution < -0.4 is 5.32 Å². The summed E-state index contributed by atoms with van der Waals surface area (Å²) in [7, 11) is 1.66. The highest BCUT2D eigenvalue weighted by atomic mass is 16.4. The van der Waals surface area contributed by atoms with Crippen molar-refractivity contribution in [3.63, 3.8) is 0 Å². The number of rotatable bonds is 7. The highest BCUT2D eigenvalue weighted by Crippen LogP contribution is 2.02. The van der Waals surface area contributed by atoms with Crippen molar-refractivity contribution < 1.29 is 14.7 Å². The van der Waals surface area contributed by atoms with Gasteiger partial charge in [0.15, 0.2) is 5.82 Å². The Morgan fingerprint density at radius 2 is 2.20 bits per heavy atom. The predicted octanol–water partition coefficient (Wildman–Crippen LogP) is 0.898. The Balaban J connectivity index is 2.31. The average Bonchev–Trinajstić information content (AvgIpc) is 2.74. The molecule has 20 heavy (non-hydrogen) atoms. The summed E-state index contributed by atoms with van der Waals surface area (Å²) in [4.78, 5) is 27.9. The van der Waals surface area contributed by atoms with Crippen molar-refractivity contribution >= 4 is 12.0 Å². The number of aromatic amines is 1. The summed E-state index contributed by atoms with van der Waals surface area (Å²) in [5.41, 5.74) is 0. The molecule has 8 heteroatoms. The zero-order chi connectivity index (χ0) is 15.1. The summed E-state index contributed by atoms with van der Waals surface area (Å²) in [5.74, 6) is 0.440. The van der Waals surface area contributed by atoms with Crippen molar-refractivity contribution in [1.29, 1.82) is 0 Å². The number of carboxylic acid groups (broad SMARTS) is 1. The Morgan fingerprint density at radius 1 is 1.50 bits per heavy atom. The number of aliphatic carboxylic acids is 1. The molecule has 0 aliphatic carbocycles. The van der Waals surface area contributed by atoms with Crippen molar-refractivity contribution in [1.82, 2.24) is 25.4 Å². The fraction of sp³-hybridized carbons (Fsp3) is 0.667. The monoisotopic (exact) mass is 283 g/mol. The first-order valence-electron chi connectivity index (χ1n) is 6.49. The number of carbonyl (C=O) groups excluding carboxylic acids is 1. The number of nitrogens with zero attached hydrogens (tertiary/aromatic N) is 3. The summed E-state index contributed by atoms with van der Waals surface area (Å²) in [6.45, 7) is 3.96. The minimum Gasteiger partial charge on any atom is -0.481 e. The predicted molar refractivity (Wildman–Crippen MR) is 72.1 cm³/mol. The Kier molecular flexibility index (Phi) is 5.95. The fourth-order valence-electron chi connectivity index (χ4n) is 1.70. The largest absolute Gasteiger partial charge is 0.481 e. The van der Waals surface area contributed by atoms with E-state index in [1.165, 1.54) is 4.90 Å². The van der Waals surface area contributed by atoms with Crippen LogP contribution in [-0.4, -0.2) is 50.3 Å². The van der Waals surface area contributed by atoms with Crippen molar-refractivity contribution in [2.75, 3.05) is 7.05 Å². The van der Waals surface area contributed by atoms with Crippen molar-refractivity contribution in [3.8, 4) is 0 Å². The summed E-state index contributed by atoms with van der Waals surface area (Å²) in [6, 6.07) is -0.298. The van der Waals surface area contributed by atoms with Crippen molar-refractivity contribution in [2.45, 2.75) is 45.7 Å². The van der Waals surface area contributed by atoms with E-state index in [0.717, 1.165) is 0 Å². The van der Waals surface area contributed by atoms with Gasteiger partial charge in [0.1, 0.15) is 5.82 Å². The topological polar surface area (TPSA) is 111 Å². The maximum Gasteiger partial charge on any atom is 0.317 e. The standard InChI is InChI=1S/C12H21N5O3/c1-8(5-4-6-11(18)19)13-12(20)17(3)7-10-14-9(2)15-16-10/h8H,4-7H2,1-3H3,(H,13,20)(H,18,19)(H,14,15,16). The maximum absolute atomic E-state index is 11.9. The van der Waals surface area contributed by atoms with Crippen LogP contribution in [0.25, 0.3) is 0 Å². The number of carboxylic acids is 1. The SMILES string of the molecule is Cc1nc(CN(C)C(=O)NC(C)CCCC(=O)O)n[nH]1. The second-order valence-electron chi connectivity index (χ2n) is 4.83.